The van der Waals surface area contributed by atoms with Crippen molar-refractivity contribution in [1.29, 1.82) is 0 Å². The van der Waals surface area contributed by atoms with Crippen LogP contribution in [0.1, 0.15) is 51.7 Å². The summed E-state index contributed by atoms with van der Waals surface area (Å²) in [4.78, 5) is 16.6. The third kappa shape index (κ3) is 2.61. The van der Waals surface area contributed by atoms with E-state index in [-0.39, 0.29) is 5.91 Å². The van der Waals surface area contributed by atoms with Crippen LogP contribution >= 0.6 is 11.3 Å². The first-order valence-corrected chi connectivity index (χ1v) is 9.52. The molecule has 1 atom stereocenters. The number of aryl methyl sites for hydroxylation is 2. The third-order valence-electron chi connectivity index (χ3n) is 5.23. The van der Waals surface area contributed by atoms with Crippen LogP contribution in [-0.2, 0) is 19.3 Å². The number of thiophene rings is 1. The summed E-state index contributed by atoms with van der Waals surface area (Å²) in [5, 5.41) is 2.10. The molecule has 120 valence electrons. The molecule has 0 saturated carbocycles. The average molecular weight is 325 g/mol. The average Bonchev–Trinajstić information content (AvgIpc) is 2.96. The first kappa shape index (κ1) is 14.9. The number of hydrogen-bond acceptors (Lipinski definition) is 2. The molecule has 23 heavy (non-hydrogen) atoms. The quantitative estimate of drug-likeness (QED) is 0.739. The standard InChI is InChI=1S/C20H23NOS/c1-13-6-8-18-15(10-13)4-3-9-21(18)20(22)17-12-23-19-11-14(2)5-7-16(17)19/h6,8,10,12,14H,3-5,7,9,11H2,1-2H3/t14-/m0/s1. The molecule has 1 aromatic carbocycles. The number of anilines is 1. The largest absolute Gasteiger partial charge is 0.308 e. The van der Waals surface area contributed by atoms with Gasteiger partial charge >= 0.3 is 0 Å². The minimum atomic E-state index is 0.210. The van der Waals surface area contributed by atoms with E-state index < -0.39 is 0 Å². The van der Waals surface area contributed by atoms with Gasteiger partial charge in [-0.25, -0.2) is 0 Å². The zero-order valence-corrected chi connectivity index (χ0v) is 14.7. The third-order valence-corrected chi connectivity index (χ3v) is 6.28. The second-order valence-corrected chi connectivity index (χ2v) is 8.06. The van der Waals surface area contributed by atoms with Crippen molar-refractivity contribution in [2.45, 2.75) is 46.0 Å². The van der Waals surface area contributed by atoms with E-state index in [0.717, 1.165) is 49.4 Å². The highest BCUT2D eigenvalue weighted by atomic mass is 32.1. The summed E-state index contributed by atoms with van der Waals surface area (Å²) in [5.41, 5.74) is 6.01. The van der Waals surface area contributed by atoms with Gasteiger partial charge in [0, 0.05) is 22.5 Å². The van der Waals surface area contributed by atoms with Crippen LogP contribution in [0.5, 0.6) is 0 Å². The number of amides is 1. The summed E-state index contributed by atoms with van der Waals surface area (Å²) in [6.45, 7) is 5.28. The van der Waals surface area contributed by atoms with Crippen LogP contribution in [0.25, 0.3) is 0 Å². The second kappa shape index (κ2) is 5.79. The molecule has 2 nitrogen and oxygen atoms in total. The number of benzene rings is 1. The van der Waals surface area contributed by atoms with Gasteiger partial charge in [0.25, 0.3) is 5.91 Å². The van der Waals surface area contributed by atoms with E-state index in [1.165, 1.54) is 28.0 Å². The lowest BCUT2D eigenvalue weighted by atomic mass is 9.88. The lowest BCUT2D eigenvalue weighted by molar-refractivity contribution is 0.0984. The minimum Gasteiger partial charge on any atom is -0.308 e. The SMILES string of the molecule is Cc1ccc2c(c1)CCCN2C(=O)c1csc2c1CC[C@H](C)C2. The number of fused-ring (bicyclic) bond motifs is 2. The van der Waals surface area contributed by atoms with E-state index in [2.05, 4.69) is 37.4 Å². The van der Waals surface area contributed by atoms with Crippen molar-refractivity contribution >= 4 is 22.9 Å². The van der Waals surface area contributed by atoms with Crippen molar-refractivity contribution in [1.82, 2.24) is 0 Å². The molecule has 1 amide bonds. The van der Waals surface area contributed by atoms with E-state index in [0.29, 0.717) is 0 Å². The summed E-state index contributed by atoms with van der Waals surface area (Å²) < 4.78 is 0. The molecule has 4 rings (SSSR count). The van der Waals surface area contributed by atoms with E-state index >= 15 is 0 Å². The van der Waals surface area contributed by atoms with Gasteiger partial charge in [-0.15, -0.1) is 11.3 Å². The van der Waals surface area contributed by atoms with Crippen LogP contribution in [0.15, 0.2) is 23.6 Å². The Morgan fingerprint density at radius 3 is 3.04 bits per heavy atom. The predicted octanol–water partition coefficient (Wildman–Crippen LogP) is 4.77. The Kier molecular flexibility index (Phi) is 3.76. The van der Waals surface area contributed by atoms with E-state index in [1.807, 2.05) is 4.90 Å². The number of carbonyl (C=O) groups is 1. The van der Waals surface area contributed by atoms with Crippen LogP contribution in [-0.4, -0.2) is 12.5 Å². The van der Waals surface area contributed by atoms with E-state index in [1.54, 1.807) is 11.3 Å². The van der Waals surface area contributed by atoms with Crippen molar-refractivity contribution in [3.63, 3.8) is 0 Å². The number of hydrogen-bond donors (Lipinski definition) is 0. The molecular weight excluding hydrogens is 302 g/mol. The maximum Gasteiger partial charge on any atom is 0.259 e. The summed E-state index contributed by atoms with van der Waals surface area (Å²) in [6.07, 6.45) is 5.56. The van der Waals surface area contributed by atoms with Gasteiger partial charge in [-0.3, -0.25) is 4.79 Å². The predicted molar refractivity (Wildman–Crippen MR) is 96.7 cm³/mol. The van der Waals surface area contributed by atoms with Gasteiger partial charge in [0.15, 0.2) is 0 Å². The summed E-state index contributed by atoms with van der Waals surface area (Å²) in [5.74, 6) is 0.963. The maximum atomic E-state index is 13.2. The molecule has 0 radical (unpaired) electrons. The van der Waals surface area contributed by atoms with Crippen molar-refractivity contribution in [3.8, 4) is 0 Å². The molecule has 0 saturated heterocycles. The Bertz CT molecular complexity index is 761. The van der Waals surface area contributed by atoms with Crippen LogP contribution < -0.4 is 4.90 Å². The first-order chi connectivity index (χ1) is 11.1. The second-order valence-electron chi connectivity index (χ2n) is 7.09. The fourth-order valence-electron chi connectivity index (χ4n) is 3.94. The van der Waals surface area contributed by atoms with Gasteiger partial charge in [-0.2, -0.15) is 0 Å². The van der Waals surface area contributed by atoms with Gasteiger partial charge in [0.2, 0.25) is 0 Å². The Balaban J connectivity index is 1.69. The monoisotopic (exact) mass is 325 g/mol. The number of rotatable bonds is 1. The highest BCUT2D eigenvalue weighted by Gasteiger charge is 2.28. The molecule has 1 aromatic heterocycles. The molecule has 1 aliphatic carbocycles. The molecule has 2 heterocycles. The van der Waals surface area contributed by atoms with Gasteiger partial charge in [0.1, 0.15) is 0 Å². The molecule has 0 unspecified atom stereocenters. The van der Waals surface area contributed by atoms with E-state index in [4.69, 9.17) is 0 Å². The summed E-state index contributed by atoms with van der Waals surface area (Å²) in [7, 11) is 0. The Morgan fingerprint density at radius 2 is 2.17 bits per heavy atom. The molecule has 1 aliphatic heterocycles. The lowest BCUT2D eigenvalue weighted by Crippen LogP contribution is -2.36. The highest BCUT2D eigenvalue weighted by molar-refractivity contribution is 7.10. The van der Waals surface area contributed by atoms with Crippen molar-refractivity contribution in [2.75, 3.05) is 11.4 Å². The fourth-order valence-corrected chi connectivity index (χ4v) is 5.18. The Labute approximate surface area is 142 Å². The van der Waals surface area contributed by atoms with Gasteiger partial charge in [-0.05, 0) is 62.1 Å². The molecule has 3 heteroatoms. The van der Waals surface area contributed by atoms with Crippen LogP contribution in [0, 0.1) is 12.8 Å². The fraction of sp³-hybridized carbons (Fsp3) is 0.450. The topological polar surface area (TPSA) is 20.3 Å². The summed E-state index contributed by atoms with van der Waals surface area (Å²) >= 11 is 1.78. The molecule has 0 fully saturated rings. The minimum absolute atomic E-state index is 0.210. The highest BCUT2D eigenvalue weighted by Crippen LogP contribution is 2.35. The molecule has 2 aliphatic rings. The molecule has 2 aromatic rings. The van der Waals surface area contributed by atoms with Crippen molar-refractivity contribution in [3.05, 3.63) is 50.7 Å². The molecular formula is C20H23NOS. The maximum absolute atomic E-state index is 13.2. The molecule has 0 bridgehead atoms. The Morgan fingerprint density at radius 1 is 1.30 bits per heavy atom. The zero-order chi connectivity index (χ0) is 16.0. The van der Waals surface area contributed by atoms with Gasteiger partial charge in [0.05, 0.1) is 5.56 Å². The number of carbonyl (C=O) groups excluding carboxylic acids is 1. The number of nitrogens with zero attached hydrogens (tertiary/aromatic N) is 1. The summed E-state index contributed by atoms with van der Waals surface area (Å²) in [6, 6.07) is 6.48. The zero-order valence-electron chi connectivity index (χ0n) is 13.9. The van der Waals surface area contributed by atoms with Crippen LogP contribution in [0.3, 0.4) is 0 Å². The molecule has 0 N–H and O–H groups in total. The lowest BCUT2D eigenvalue weighted by Gasteiger charge is -2.30. The van der Waals surface area contributed by atoms with E-state index in [9.17, 15) is 4.79 Å². The smallest absolute Gasteiger partial charge is 0.259 e. The normalized spacial score (nSPS) is 20.1. The van der Waals surface area contributed by atoms with Crippen molar-refractivity contribution < 1.29 is 4.79 Å². The first-order valence-electron chi connectivity index (χ1n) is 8.64. The van der Waals surface area contributed by atoms with Gasteiger partial charge < -0.3 is 4.90 Å². The molecule has 0 spiro atoms. The van der Waals surface area contributed by atoms with Gasteiger partial charge in [-0.1, -0.05) is 24.6 Å². The van der Waals surface area contributed by atoms with Crippen LogP contribution in [0.2, 0.25) is 0 Å². The Hall–Kier alpha value is -1.61. The van der Waals surface area contributed by atoms with Crippen LogP contribution in [0.4, 0.5) is 5.69 Å². The van der Waals surface area contributed by atoms with Crippen molar-refractivity contribution in [2.24, 2.45) is 5.92 Å².